The normalized spacial score (nSPS) is 12.3. The molecule has 3 rings (SSSR count). The molecule has 0 aliphatic heterocycles. The van der Waals surface area contributed by atoms with Crippen LogP contribution in [-0.2, 0) is 9.22 Å². The Morgan fingerprint density at radius 3 is 1.19 bits per heavy atom. The van der Waals surface area contributed by atoms with E-state index in [0.717, 1.165) is 4.92 Å². The maximum Gasteiger partial charge on any atom is 0.317 e. The maximum atomic E-state index is 14.0. The van der Waals surface area contributed by atoms with E-state index < -0.39 is 23.3 Å². The quantitative estimate of drug-likeness (QED) is 0.360. The first-order valence-corrected chi connectivity index (χ1v) is 19.4. The van der Waals surface area contributed by atoms with Crippen LogP contribution in [0.2, 0.25) is 39.3 Å². The second-order valence-corrected chi connectivity index (χ2v) is 23.0. The standard InChI is InChI=1S/C26H33O2PSi2/c1-30(2,3)26(25(27)28-31(4,5)6)29(22-16-10-7-11-17-22,23-18-12-8-13-19-23)24-20-14-9-15-21-24/h7-21H,1-6H3. The van der Waals surface area contributed by atoms with Crippen molar-refractivity contribution in [3.8, 4) is 0 Å². The van der Waals surface area contributed by atoms with Gasteiger partial charge in [0, 0.05) is 4.92 Å². The lowest BCUT2D eigenvalue weighted by molar-refractivity contribution is -0.127. The van der Waals surface area contributed by atoms with Gasteiger partial charge in [-0.15, -0.1) is 0 Å². The SMILES string of the molecule is C[Si](C)(C)OC(=O)C([Si](C)(C)C)=P(c1ccccc1)(c1ccccc1)c1ccccc1. The molecular formula is C26H33O2PSi2. The molecule has 0 aromatic heterocycles. The molecule has 0 N–H and O–H groups in total. The van der Waals surface area contributed by atoms with Gasteiger partial charge in [-0.3, -0.25) is 0 Å². The smallest absolute Gasteiger partial charge is 0.317 e. The lowest BCUT2D eigenvalue weighted by Crippen LogP contribution is -2.49. The number of carbonyl (C=O) groups excluding carboxylic acids is 1. The Balaban J connectivity index is 2.62. The average molecular weight is 465 g/mol. The monoisotopic (exact) mass is 464 g/mol. The van der Waals surface area contributed by atoms with Gasteiger partial charge in [0.1, 0.15) is 0 Å². The number of benzene rings is 3. The third-order valence-corrected chi connectivity index (χ3v) is 14.6. The summed E-state index contributed by atoms with van der Waals surface area (Å²) in [7, 11) is -4.19. The molecule has 0 aliphatic rings. The summed E-state index contributed by atoms with van der Waals surface area (Å²) in [4.78, 5) is 15.0. The van der Waals surface area contributed by atoms with Gasteiger partial charge in [-0.25, -0.2) is 4.79 Å². The van der Waals surface area contributed by atoms with Crippen LogP contribution in [0.1, 0.15) is 0 Å². The summed E-state index contributed by atoms with van der Waals surface area (Å²) in [6.07, 6.45) is 0. The van der Waals surface area contributed by atoms with Crippen molar-refractivity contribution in [2.75, 3.05) is 0 Å². The molecule has 3 aromatic rings. The summed E-state index contributed by atoms with van der Waals surface area (Å²) in [5, 5.41) is 3.62. The minimum Gasteiger partial charge on any atom is -0.517 e. The zero-order chi connectivity index (χ0) is 22.7. The maximum absolute atomic E-state index is 14.0. The third-order valence-electron chi connectivity index (χ3n) is 5.07. The Bertz CT molecular complexity index is 978. The van der Waals surface area contributed by atoms with Crippen molar-refractivity contribution in [1.82, 2.24) is 0 Å². The first-order chi connectivity index (χ1) is 14.6. The van der Waals surface area contributed by atoms with E-state index in [9.17, 15) is 4.79 Å². The molecule has 0 amide bonds. The van der Waals surface area contributed by atoms with E-state index in [1.54, 1.807) is 0 Å². The van der Waals surface area contributed by atoms with Crippen molar-refractivity contribution in [2.24, 2.45) is 0 Å². The van der Waals surface area contributed by atoms with Crippen LogP contribution in [0.15, 0.2) is 91.0 Å². The van der Waals surface area contributed by atoms with E-state index in [-0.39, 0.29) is 5.97 Å². The van der Waals surface area contributed by atoms with Gasteiger partial charge in [0.05, 0.1) is 8.07 Å². The topological polar surface area (TPSA) is 26.3 Å². The predicted molar refractivity (Wildman–Crippen MR) is 143 cm³/mol. The number of hydrogen-bond acceptors (Lipinski definition) is 2. The van der Waals surface area contributed by atoms with Crippen LogP contribution >= 0.6 is 6.89 Å². The molecule has 0 radical (unpaired) electrons. The molecule has 0 aliphatic carbocycles. The van der Waals surface area contributed by atoms with E-state index in [4.69, 9.17) is 4.43 Å². The molecule has 0 bridgehead atoms. The van der Waals surface area contributed by atoms with Crippen molar-refractivity contribution in [3.05, 3.63) is 91.0 Å². The van der Waals surface area contributed by atoms with E-state index in [2.05, 4.69) is 112 Å². The molecule has 0 unspecified atom stereocenters. The first kappa shape index (κ1) is 23.5. The first-order valence-electron chi connectivity index (χ1n) is 10.7. The Morgan fingerprint density at radius 2 is 0.935 bits per heavy atom. The summed E-state index contributed by atoms with van der Waals surface area (Å²) < 4.78 is 6.22. The molecular weight excluding hydrogens is 431 g/mol. The van der Waals surface area contributed by atoms with Gasteiger partial charge in [0.15, 0.2) is 0 Å². The van der Waals surface area contributed by atoms with Crippen molar-refractivity contribution >= 4 is 50.1 Å². The molecule has 0 saturated heterocycles. The second-order valence-electron chi connectivity index (χ2n) is 9.78. The summed E-state index contributed by atoms with van der Waals surface area (Å²) in [5.74, 6) is -0.0942. The highest BCUT2D eigenvalue weighted by atomic mass is 31.2. The van der Waals surface area contributed by atoms with Crippen LogP contribution in [-0.4, -0.2) is 27.3 Å². The van der Waals surface area contributed by atoms with Crippen LogP contribution in [0.5, 0.6) is 0 Å². The lowest BCUT2D eigenvalue weighted by atomic mass is 10.4. The summed E-state index contributed by atoms with van der Waals surface area (Å²) in [5.41, 5.74) is 0. The van der Waals surface area contributed by atoms with Gasteiger partial charge >= 0.3 is 5.97 Å². The highest BCUT2D eigenvalue weighted by Crippen LogP contribution is 2.48. The van der Waals surface area contributed by atoms with Crippen molar-refractivity contribution < 1.29 is 9.22 Å². The summed E-state index contributed by atoms with van der Waals surface area (Å²) in [6.45, 7) is 10.7. The van der Waals surface area contributed by atoms with E-state index >= 15 is 0 Å². The van der Waals surface area contributed by atoms with Gasteiger partial charge in [0.2, 0.25) is 8.32 Å². The largest absolute Gasteiger partial charge is 0.517 e. The number of carbonyl (C=O) groups is 1. The van der Waals surface area contributed by atoms with E-state index in [1.165, 1.54) is 15.9 Å². The van der Waals surface area contributed by atoms with Crippen molar-refractivity contribution in [1.29, 1.82) is 0 Å². The Hall–Kier alpha value is -2.14. The summed E-state index contributed by atoms with van der Waals surface area (Å²) in [6, 6.07) is 31.8. The van der Waals surface area contributed by atoms with Gasteiger partial charge in [-0.1, -0.05) is 111 Å². The Morgan fingerprint density at radius 1 is 0.613 bits per heavy atom. The Kier molecular flexibility index (Phi) is 6.95. The molecule has 0 atom stereocenters. The number of hydrogen-bond donors (Lipinski definition) is 0. The van der Waals surface area contributed by atoms with Crippen molar-refractivity contribution in [3.63, 3.8) is 0 Å². The van der Waals surface area contributed by atoms with Crippen LogP contribution in [0, 0.1) is 0 Å². The molecule has 2 nitrogen and oxygen atoms in total. The zero-order valence-corrected chi connectivity index (χ0v) is 22.3. The third kappa shape index (κ3) is 5.03. The lowest BCUT2D eigenvalue weighted by Gasteiger charge is -2.37. The predicted octanol–water partition coefficient (Wildman–Crippen LogP) is 5.41. The van der Waals surface area contributed by atoms with Crippen molar-refractivity contribution in [2.45, 2.75) is 39.3 Å². The molecule has 5 heteroatoms. The summed E-state index contributed by atoms with van der Waals surface area (Å²) >= 11 is 0. The molecule has 0 heterocycles. The zero-order valence-electron chi connectivity index (χ0n) is 19.4. The van der Waals surface area contributed by atoms with Gasteiger partial charge in [-0.05, 0) is 42.4 Å². The van der Waals surface area contributed by atoms with E-state index in [0.29, 0.717) is 0 Å². The fourth-order valence-corrected chi connectivity index (χ4v) is 14.6. The van der Waals surface area contributed by atoms with Crippen LogP contribution in [0.25, 0.3) is 0 Å². The van der Waals surface area contributed by atoms with Gasteiger partial charge < -0.3 is 4.43 Å². The van der Waals surface area contributed by atoms with E-state index in [1.807, 2.05) is 18.2 Å². The van der Waals surface area contributed by atoms with Gasteiger partial charge in [0.25, 0.3) is 0 Å². The molecule has 0 spiro atoms. The average Bonchev–Trinajstić information content (AvgIpc) is 2.71. The highest BCUT2D eigenvalue weighted by molar-refractivity contribution is 7.99. The number of rotatable bonds is 6. The molecule has 0 fully saturated rings. The molecule has 0 saturated carbocycles. The fraction of sp³-hybridized carbons (Fsp3) is 0.231. The molecule has 31 heavy (non-hydrogen) atoms. The van der Waals surface area contributed by atoms with Crippen LogP contribution in [0.3, 0.4) is 0 Å². The fourth-order valence-electron chi connectivity index (χ4n) is 4.06. The van der Waals surface area contributed by atoms with Crippen LogP contribution in [0.4, 0.5) is 0 Å². The Labute approximate surface area is 189 Å². The second kappa shape index (κ2) is 9.16. The molecule has 162 valence electrons. The van der Waals surface area contributed by atoms with Gasteiger partial charge in [-0.2, -0.15) is 0 Å². The highest BCUT2D eigenvalue weighted by Gasteiger charge is 2.41. The minimum atomic E-state index is -2.40. The minimum absolute atomic E-state index is 0.0942. The van der Waals surface area contributed by atoms with Crippen LogP contribution < -0.4 is 15.9 Å². The molecule has 3 aromatic carbocycles.